The fourth-order valence-electron chi connectivity index (χ4n) is 4.59. The number of halogens is 1. The highest BCUT2D eigenvalue weighted by molar-refractivity contribution is 5.97. The maximum atomic E-state index is 13.6. The molecule has 1 fully saturated rings. The Morgan fingerprint density at radius 2 is 2.15 bits per heavy atom. The number of nitriles is 1. The van der Waals surface area contributed by atoms with Crippen LogP contribution in [0.5, 0.6) is 0 Å². The SMILES string of the molecule is CCc1nn(CCCOC(=O)c2cc(F)cc(C#N)c2)c2c1C(=O)NCC1(CCOCC1)C2. The molecule has 1 amide bonds. The maximum Gasteiger partial charge on any atom is 0.338 e. The number of rotatable bonds is 6. The van der Waals surface area contributed by atoms with Crippen molar-refractivity contribution in [1.82, 2.24) is 15.1 Å². The highest BCUT2D eigenvalue weighted by Crippen LogP contribution is 2.37. The molecule has 0 atom stereocenters. The van der Waals surface area contributed by atoms with Crippen LogP contribution in [0.1, 0.15) is 63.9 Å². The van der Waals surface area contributed by atoms with Crippen molar-refractivity contribution >= 4 is 11.9 Å². The third-order valence-electron chi connectivity index (χ3n) is 6.42. The Balaban J connectivity index is 1.45. The predicted molar refractivity (Wildman–Crippen MR) is 116 cm³/mol. The number of nitrogens with one attached hydrogen (secondary N) is 1. The molecule has 0 radical (unpaired) electrons. The zero-order valence-corrected chi connectivity index (χ0v) is 18.7. The normalized spacial score (nSPS) is 17.1. The Kier molecular flexibility index (Phi) is 6.75. The number of nitrogens with zero attached hydrogens (tertiary/aromatic N) is 3. The Morgan fingerprint density at radius 3 is 2.88 bits per heavy atom. The second-order valence-corrected chi connectivity index (χ2v) is 8.65. The molecule has 1 aromatic heterocycles. The first kappa shape index (κ1) is 22.9. The number of hydrogen-bond donors (Lipinski definition) is 1. The van der Waals surface area contributed by atoms with Gasteiger partial charge in [0.25, 0.3) is 5.91 Å². The van der Waals surface area contributed by atoms with Gasteiger partial charge >= 0.3 is 5.97 Å². The molecular formula is C24H27FN4O4. The van der Waals surface area contributed by atoms with Gasteiger partial charge in [0.2, 0.25) is 0 Å². The van der Waals surface area contributed by atoms with Crippen LogP contribution in [0, 0.1) is 22.6 Å². The first-order valence-electron chi connectivity index (χ1n) is 11.3. The van der Waals surface area contributed by atoms with Gasteiger partial charge in [-0.1, -0.05) is 6.92 Å². The van der Waals surface area contributed by atoms with Crippen molar-refractivity contribution in [2.75, 3.05) is 26.4 Å². The largest absolute Gasteiger partial charge is 0.462 e. The van der Waals surface area contributed by atoms with E-state index >= 15 is 0 Å². The summed E-state index contributed by atoms with van der Waals surface area (Å²) < 4.78 is 26.3. The fourth-order valence-corrected chi connectivity index (χ4v) is 4.59. The number of aryl methyl sites for hydroxylation is 2. The smallest absolute Gasteiger partial charge is 0.338 e. The third-order valence-corrected chi connectivity index (χ3v) is 6.42. The summed E-state index contributed by atoms with van der Waals surface area (Å²) in [5, 5.41) is 16.7. The van der Waals surface area contributed by atoms with E-state index in [2.05, 4.69) is 10.4 Å². The summed E-state index contributed by atoms with van der Waals surface area (Å²) in [7, 11) is 0. The summed E-state index contributed by atoms with van der Waals surface area (Å²) in [5.74, 6) is -1.42. The van der Waals surface area contributed by atoms with E-state index in [1.807, 2.05) is 17.7 Å². The minimum absolute atomic E-state index is 0.00547. The summed E-state index contributed by atoms with van der Waals surface area (Å²) in [6.07, 6.45) is 3.65. The Morgan fingerprint density at radius 1 is 1.36 bits per heavy atom. The first-order valence-corrected chi connectivity index (χ1v) is 11.3. The lowest BCUT2D eigenvalue weighted by Crippen LogP contribution is -2.40. The van der Waals surface area contributed by atoms with E-state index in [1.54, 1.807) is 0 Å². The van der Waals surface area contributed by atoms with Gasteiger partial charge < -0.3 is 14.8 Å². The quantitative estimate of drug-likeness (QED) is 0.531. The summed E-state index contributed by atoms with van der Waals surface area (Å²) in [5.41, 5.74) is 2.40. The van der Waals surface area contributed by atoms with Crippen LogP contribution in [0.3, 0.4) is 0 Å². The van der Waals surface area contributed by atoms with Crippen LogP contribution >= 0.6 is 0 Å². The van der Waals surface area contributed by atoms with Crippen LogP contribution < -0.4 is 5.32 Å². The van der Waals surface area contributed by atoms with Crippen molar-refractivity contribution in [1.29, 1.82) is 5.26 Å². The lowest BCUT2D eigenvalue weighted by molar-refractivity contribution is 0.0152. The molecule has 9 heteroatoms. The summed E-state index contributed by atoms with van der Waals surface area (Å²) in [6, 6.07) is 5.24. The number of esters is 1. The van der Waals surface area contributed by atoms with Crippen LogP contribution in [-0.2, 0) is 28.9 Å². The van der Waals surface area contributed by atoms with E-state index in [0.717, 1.165) is 42.8 Å². The molecular weight excluding hydrogens is 427 g/mol. The molecule has 1 saturated heterocycles. The number of aromatic nitrogens is 2. The Bertz CT molecular complexity index is 1100. The zero-order chi connectivity index (χ0) is 23.4. The molecule has 8 nitrogen and oxygen atoms in total. The van der Waals surface area contributed by atoms with Gasteiger partial charge in [0.05, 0.1) is 40.8 Å². The predicted octanol–water partition coefficient (Wildman–Crippen LogP) is 2.79. The third kappa shape index (κ3) is 4.91. The molecule has 1 aromatic carbocycles. The second kappa shape index (κ2) is 9.71. The average molecular weight is 455 g/mol. The van der Waals surface area contributed by atoms with Gasteiger partial charge in [-0.2, -0.15) is 10.4 Å². The number of hydrogen-bond acceptors (Lipinski definition) is 6. The molecule has 0 saturated carbocycles. The molecule has 2 aliphatic heterocycles. The van der Waals surface area contributed by atoms with Gasteiger partial charge in [-0.15, -0.1) is 0 Å². The molecule has 1 N–H and O–H groups in total. The van der Waals surface area contributed by atoms with Crippen LogP contribution in [0.4, 0.5) is 4.39 Å². The van der Waals surface area contributed by atoms with Gasteiger partial charge in [0, 0.05) is 32.7 Å². The van der Waals surface area contributed by atoms with Crippen molar-refractivity contribution in [2.24, 2.45) is 5.41 Å². The Hall–Kier alpha value is -3.25. The van der Waals surface area contributed by atoms with E-state index in [1.165, 1.54) is 6.07 Å². The van der Waals surface area contributed by atoms with Crippen molar-refractivity contribution < 1.29 is 23.5 Å². The van der Waals surface area contributed by atoms with E-state index in [4.69, 9.17) is 14.7 Å². The van der Waals surface area contributed by atoms with Gasteiger partial charge in [0.15, 0.2) is 0 Å². The number of carbonyl (C=O) groups is 2. The van der Waals surface area contributed by atoms with Crippen molar-refractivity contribution in [3.63, 3.8) is 0 Å². The molecule has 0 bridgehead atoms. The van der Waals surface area contributed by atoms with Gasteiger partial charge in [-0.3, -0.25) is 9.48 Å². The van der Waals surface area contributed by atoms with Gasteiger partial charge in [0.1, 0.15) is 5.82 Å². The fraction of sp³-hybridized carbons (Fsp3) is 0.500. The summed E-state index contributed by atoms with van der Waals surface area (Å²) in [6.45, 7) is 4.57. The average Bonchev–Trinajstić information content (AvgIpc) is 3.10. The first-order chi connectivity index (χ1) is 15.9. The minimum atomic E-state index is -0.680. The number of amides is 1. The zero-order valence-electron chi connectivity index (χ0n) is 18.7. The van der Waals surface area contributed by atoms with Crippen molar-refractivity contribution in [3.05, 3.63) is 52.1 Å². The summed E-state index contributed by atoms with van der Waals surface area (Å²) >= 11 is 0. The van der Waals surface area contributed by atoms with Crippen LogP contribution in [0.15, 0.2) is 18.2 Å². The maximum absolute atomic E-state index is 13.6. The molecule has 33 heavy (non-hydrogen) atoms. The number of benzene rings is 1. The van der Waals surface area contributed by atoms with Crippen LogP contribution in [-0.4, -0.2) is 48.0 Å². The lowest BCUT2D eigenvalue weighted by atomic mass is 9.76. The second-order valence-electron chi connectivity index (χ2n) is 8.65. The van der Waals surface area contributed by atoms with E-state index in [0.29, 0.717) is 44.7 Å². The highest BCUT2D eigenvalue weighted by atomic mass is 19.1. The van der Waals surface area contributed by atoms with E-state index in [9.17, 15) is 14.0 Å². The molecule has 4 rings (SSSR count). The topological polar surface area (TPSA) is 106 Å². The molecule has 2 aliphatic rings. The monoisotopic (exact) mass is 454 g/mol. The molecule has 0 aliphatic carbocycles. The minimum Gasteiger partial charge on any atom is -0.462 e. The Labute approximate surface area is 191 Å². The van der Waals surface area contributed by atoms with Crippen molar-refractivity contribution in [2.45, 2.75) is 45.6 Å². The molecule has 3 heterocycles. The standard InChI is InChI=1S/C24H27FN4O4/c1-2-19-21-20(13-24(15-27-22(21)30)4-8-32-9-5-24)29(28-19)6-3-7-33-23(31)17-10-16(14-26)11-18(25)12-17/h10-12H,2-9,13,15H2,1H3,(H,27,30). The lowest BCUT2D eigenvalue weighted by Gasteiger charge is -2.36. The molecule has 1 spiro atoms. The van der Waals surface area contributed by atoms with E-state index < -0.39 is 11.8 Å². The van der Waals surface area contributed by atoms with Crippen molar-refractivity contribution in [3.8, 4) is 6.07 Å². The molecule has 2 aromatic rings. The molecule has 0 unspecified atom stereocenters. The van der Waals surface area contributed by atoms with Gasteiger partial charge in [-0.05, 0) is 49.3 Å². The highest BCUT2D eigenvalue weighted by Gasteiger charge is 2.39. The molecule has 174 valence electrons. The van der Waals surface area contributed by atoms with Crippen LogP contribution in [0.25, 0.3) is 0 Å². The number of fused-ring (bicyclic) bond motifs is 1. The van der Waals surface area contributed by atoms with Crippen LogP contribution in [0.2, 0.25) is 0 Å². The van der Waals surface area contributed by atoms with E-state index in [-0.39, 0.29) is 29.1 Å². The summed E-state index contributed by atoms with van der Waals surface area (Å²) in [4.78, 5) is 25.1. The van der Waals surface area contributed by atoms with Gasteiger partial charge in [-0.25, -0.2) is 9.18 Å². The number of carbonyl (C=O) groups excluding carboxylic acids is 2. The number of ether oxygens (including phenoxy) is 2.